The van der Waals surface area contributed by atoms with Gasteiger partial charge in [-0.2, -0.15) is 0 Å². The van der Waals surface area contributed by atoms with Crippen LogP contribution in [0.2, 0.25) is 0 Å². The van der Waals surface area contributed by atoms with Crippen molar-refractivity contribution in [2.24, 2.45) is 11.7 Å². The van der Waals surface area contributed by atoms with Gasteiger partial charge < -0.3 is 11.1 Å². The fourth-order valence-corrected chi connectivity index (χ4v) is 2.14. The monoisotopic (exact) mass is 246 g/mol. The summed E-state index contributed by atoms with van der Waals surface area (Å²) >= 11 is 0. The molecule has 1 aliphatic rings. The van der Waals surface area contributed by atoms with Gasteiger partial charge in [-0.25, -0.2) is 0 Å². The molecular weight excluding hydrogens is 224 g/mol. The van der Waals surface area contributed by atoms with Crippen molar-refractivity contribution in [3.8, 4) is 0 Å². The van der Waals surface area contributed by atoms with Gasteiger partial charge in [0.15, 0.2) is 0 Å². The zero-order valence-corrected chi connectivity index (χ0v) is 10.9. The van der Waals surface area contributed by atoms with Crippen LogP contribution < -0.4 is 11.1 Å². The number of benzene rings is 1. The van der Waals surface area contributed by atoms with Crippen LogP contribution in [0.4, 0.5) is 0 Å². The summed E-state index contributed by atoms with van der Waals surface area (Å²) in [6.45, 7) is 2.07. The average molecular weight is 246 g/mol. The third-order valence-electron chi connectivity index (χ3n) is 3.62. The van der Waals surface area contributed by atoms with Crippen molar-refractivity contribution in [1.29, 1.82) is 0 Å². The number of rotatable bonds is 6. The quantitative estimate of drug-likeness (QED) is 0.805. The molecule has 2 rings (SSSR count). The van der Waals surface area contributed by atoms with E-state index in [4.69, 9.17) is 5.73 Å². The Balaban J connectivity index is 1.73. The van der Waals surface area contributed by atoms with Crippen LogP contribution in [0.1, 0.15) is 31.7 Å². The third-order valence-corrected chi connectivity index (χ3v) is 3.62. The molecule has 18 heavy (non-hydrogen) atoms. The molecule has 98 valence electrons. The van der Waals surface area contributed by atoms with E-state index in [1.807, 2.05) is 18.2 Å². The topological polar surface area (TPSA) is 55.1 Å². The minimum absolute atomic E-state index is 0.00895. The second-order valence-corrected chi connectivity index (χ2v) is 5.27. The summed E-state index contributed by atoms with van der Waals surface area (Å²) in [4.78, 5) is 11.9. The normalized spacial score (nSPS) is 18.1. The number of carbonyl (C=O) groups is 1. The summed E-state index contributed by atoms with van der Waals surface area (Å²) in [5.41, 5.74) is 7.15. The number of carbonyl (C=O) groups excluding carboxylic acids is 1. The van der Waals surface area contributed by atoms with Crippen molar-refractivity contribution in [3.63, 3.8) is 0 Å². The largest absolute Gasteiger partial charge is 0.352 e. The first-order valence-electron chi connectivity index (χ1n) is 6.76. The van der Waals surface area contributed by atoms with E-state index in [2.05, 4.69) is 24.4 Å². The van der Waals surface area contributed by atoms with Gasteiger partial charge in [-0.1, -0.05) is 30.3 Å². The number of nitrogens with one attached hydrogen (secondary N) is 1. The Labute approximate surface area is 109 Å². The first kappa shape index (κ1) is 13.1. The van der Waals surface area contributed by atoms with Crippen LogP contribution in [0.5, 0.6) is 0 Å². The maximum absolute atomic E-state index is 11.9. The van der Waals surface area contributed by atoms with Gasteiger partial charge in [0, 0.05) is 6.04 Å². The molecule has 1 unspecified atom stereocenters. The highest BCUT2D eigenvalue weighted by Gasteiger charge is 2.29. The highest BCUT2D eigenvalue weighted by atomic mass is 16.2. The summed E-state index contributed by atoms with van der Waals surface area (Å²) < 4.78 is 0. The summed E-state index contributed by atoms with van der Waals surface area (Å²) in [6, 6.07) is 10.0. The number of hydrogen-bond donors (Lipinski definition) is 2. The van der Waals surface area contributed by atoms with Gasteiger partial charge in [0.05, 0.1) is 6.04 Å². The SMILES string of the molecule is CC(NC(=O)[C@@H](N)CCc1ccccc1)C1CC1. The van der Waals surface area contributed by atoms with E-state index in [9.17, 15) is 4.79 Å². The van der Waals surface area contributed by atoms with E-state index in [1.54, 1.807) is 0 Å². The summed E-state index contributed by atoms with van der Waals surface area (Å²) in [6.07, 6.45) is 4.03. The third kappa shape index (κ3) is 3.84. The number of amides is 1. The van der Waals surface area contributed by atoms with Crippen LogP contribution in [-0.4, -0.2) is 18.0 Å². The van der Waals surface area contributed by atoms with Crippen LogP contribution in [0, 0.1) is 5.92 Å². The lowest BCUT2D eigenvalue weighted by Crippen LogP contribution is -2.45. The smallest absolute Gasteiger partial charge is 0.237 e. The van der Waals surface area contributed by atoms with Crippen LogP contribution in [0.3, 0.4) is 0 Å². The molecule has 1 amide bonds. The predicted molar refractivity (Wildman–Crippen MR) is 73.1 cm³/mol. The molecule has 3 heteroatoms. The molecule has 1 aromatic rings. The molecule has 3 nitrogen and oxygen atoms in total. The molecule has 0 aromatic heterocycles. The first-order valence-corrected chi connectivity index (χ1v) is 6.76. The fourth-order valence-electron chi connectivity index (χ4n) is 2.14. The molecule has 1 aliphatic carbocycles. The molecule has 3 N–H and O–H groups in total. The Morgan fingerprint density at radius 2 is 2.06 bits per heavy atom. The Kier molecular flexibility index (Phi) is 4.37. The van der Waals surface area contributed by atoms with E-state index in [0.29, 0.717) is 12.3 Å². The molecule has 0 spiro atoms. The summed E-state index contributed by atoms with van der Waals surface area (Å²) in [7, 11) is 0. The number of nitrogens with two attached hydrogens (primary N) is 1. The van der Waals surface area contributed by atoms with E-state index < -0.39 is 6.04 Å². The zero-order valence-electron chi connectivity index (χ0n) is 10.9. The van der Waals surface area contributed by atoms with Gasteiger partial charge in [-0.15, -0.1) is 0 Å². The molecule has 1 fully saturated rings. The Morgan fingerprint density at radius 1 is 1.39 bits per heavy atom. The summed E-state index contributed by atoms with van der Waals surface area (Å²) in [5, 5.41) is 3.01. The van der Waals surface area contributed by atoms with E-state index >= 15 is 0 Å². The Hall–Kier alpha value is -1.35. The second-order valence-electron chi connectivity index (χ2n) is 5.27. The molecule has 1 aromatic carbocycles. The van der Waals surface area contributed by atoms with E-state index in [0.717, 1.165) is 6.42 Å². The van der Waals surface area contributed by atoms with Crippen molar-refractivity contribution in [3.05, 3.63) is 35.9 Å². The lowest BCUT2D eigenvalue weighted by Gasteiger charge is -2.17. The Morgan fingerprint density at radius 3 is 2.67 bits per heavy atom. The van der Waals surface area contributed by atoms with E-state index in [1.165, 1.54) is 18.4 Å². The molecule has 0 bridgehead atoms. The fraction of sp³-hybridized carbons (Fsp3) is 0.533. The molecule has 2 atom stereocenters. The lowest BCUT2D eigenvalue weighted by atomic mass is 10.0. The van der Waals surface area contributed by atoms with E-state index in [-0.39, 0.29) is 11.9 Å². The van der Waals surface area contributed by atoms with Gasteiger partial charge in [0.2, 0.25) is 5.91 Å². The molecule has 1 saturated carbocycles. The molecule has 0 saturated heterocycles. The highest BCUT2D eigenvalue weighted by molar-refractivity contribution is 5.81. The van der Waals surface area contributed by atoms with Crippen molar-refractivity contribution < 1.29 is 4.79 Å². The predicted octanol–water partition coefficient (Wildman–Crippen LogP) is 1.86. The highest BCUT2D eigenvalue weighted by Crippen LogP contribution is 2.32. The average Bonchev–Trinajstić information content (AvgIpc) is 3.21. The number of hydrogen-bond acceptors (Lipinski definition) is 2. The van der Waals surface area contributed by atoms with Crippen molar-refractivity contribution in [2.45, 2.75) is 44.7 Å². The lowest BCUT2D eigenvalue weighted by molar-refractivity contribution is -0.123. The standard InChI is InChI=1S/C15H22N2O/c1-11(13-8-9-13)17-15(18)14(16)10-7-12-5-3-2-4-6-12/h2-6,11,13-14H,7-10,16H2,1H3,(H,17,18)/t11?,14-/m0/s1. The first-order chi connectivity index (χ1) is 8.66. The minimum Gasteiger partial charge on any atom is -0.352 e. The minimum atomic E-state index is -0.397. The van der Waals surface area contributed by atoms with Crippen molar-refractivity contribution in [2.75, 3.05) is 0 Å². The molecule has 0 heterocycles. The van der Waals surface area contributed by atoms with Gasteiger partial charge in [0.25, 0.3) is 0 Å². The summed E-state index contributed by atoms with van der Waals surface area (Å²) in [5.74, 6) is 0.667. The molecular formula is C15H22N2O. The van der Waals surface area contributed by atoms with Crippen LogP contribution in [-0.2, 0) is 11.2 Å². The molecule has 0 aliphatic heterocycles. The Bertz CT molecular complexity index is 387. The van der Waals surface area contributed by atoms with Crippen molar-refractivity contribution in [1.82, 2.24) is 5.32 Å². The van der Waals surface area contributed by atoms with Gasteiger partial charge in [0.1, 0.15) is 0 Å². The van der Waals surface area contributed by atoms with Gasteiger partial charge in [-0.3, -0.25) is 4.79 Å². The van der Waals surface area contributed by atoms with Gasteiger partial charge >= 0.3 is 0 Å². The molecule has 0 radical (unpaired) electrons. The zero-order chi connectivity index (χ0) is 13.0. The van der Waals surface area contributed by atoms with Crippen LogP contribution >= 0.6 is 0 Å². The van der Waals surface area contributed by atoms with Crippen LogP contribution in [0.25, 0.3) is 0 Å². The maximum atomic E-state index is 11.9. The second kappa shape index (κ2) is 6.01. The van der Waals surface area contributed by atoms with Gasteiger partial charge in [-0.05, 0) is 44.1 Å². The maximum Gasteiger partial charge on any atom is 0.237 e. The van der Waals surface area contributed by atoms with Crippen molar-refractivity contribution >= 4 is 5.91 Å². The number of aryl methyl sites for hydroxylation is 1. The van der Waals surface area contributed by atoms with Crippen LogP contribution in [0.15, 0.2) is 30.3 Å².